The van der Waals surface area contributed by atoms with Gasteiger partial charge in [0.15, 0.2) is 0 Å². The zero-order chi connectivity index (χ0) is 15.2. The van der Waals surface area contributed by atoms with Gasteiger partial charge >= 0.3 is 12.1 Å². The Morgan fingerprint density at radius 2 is 2.00 bits per heavy atom. The van der Waals surface area contributed by atoms with Crippen molar-refractivity contribution in [3.8, 4) is 0 Å². The number of rotatable bonds is 5. The van der Waals surface area contributed by atoms with Gasteiger partial charge in [0, 0.05) is 5.69 Å². The van der Waals surface area contributed by atoms with E-state index in [1.165, 1.54) is 19.2 Å². The molecule has 20 heavy (non-hydrogen) atoms. The van der Waals surface area contributed by atoms with Crippen LogP contribution in [0.2, 0.25) is 0 Å². The number of amides is 1. The molecule has 110 valence electrons. The van der Waals surface area contributed by atoms with Gasteiger partial charge in [-0.3, -0.25) is 4.79 Å². The first-order chi connectivity index (χ1) is 9.31. The number of methoxy groups -OCH3 is 1. The van der Waals surface area contributed by atoms with Crippen LogP contribution in [0.5, 0.6) is 0 Å². The zero-order valence-corrected chi connectivity index (χ0v) is 10.6. The van der Waals surface area contributed by atoms with Crippen molar-refractivity contribution in [2.24, 2.45) is 0 Å². The van der Waals surface area contributed by atoms with Gasteiger partial charge in [-0.25, -0.2) is 4.79 Å². The quantitative estimate of drug-likeness (QED) is 0.808. The zero-order valence-electron chi connectivity index (χ0n) is 10.6. The van der Waals surface area contributed by atoms with Crippen LogP contribution in [0.25, 0.3) is 0 Å². The molecular formula is C12H13F3N2O3. The van der Waals surface area contributed by atoms with E-state index in [-0.39, 0.29) is 12.1 Å². The van der Waals surface area contributed by atoms with Crippen LogP contribution in [0, 0.1) is 0 Å². The third-order valence-electron chi connectivity index (χ3n) is 2.22. The molecular weight excluding hydrogens is 277 g/mol. The number of hydrogen-bond acceptors (Lipinski definition) is 4. The molecule has 2 N–H and O–H groups in total. The highest BCUT2D eigenvalue weighted by atomic mass is 19.4. The fraction of sp³-hybridized carbons (Fsp3) is 0.333. The van der Waals surface area contributed by atoms with Gasteiger partial charge in [-0.1, -0.05) is 6.07 Å². The first kappa shape index (κ1) is 15.8. The van der Waals surface area contributed by atoms with Crippen molar-refractivity contribution < 1.29 is 27.5 Å². The second kappa shape index (κ2) is 6.78. The van der Waals surface area contributed by atoms with Crippen molar-refractivity contribution in [2.75, 3.05) is 25.5 Å². The molecule has 0 bridgehead atoms. The van der Waals surface area contributed by atoms with E-state index < -0.39 is 24.6 Å². The maximum Gasteiger partial charge on any atom is 0.405 e. The molecule has 0 saturated heterocycles. The molecule has 1 aromatic carbocycles. The summed E-state index contributed by atoms with van der Waals surface area (Å²) in [6.45, 7) is -1.71. The minimum atomic E-state index is -4.44. The highest BCUT2D eigenvalue weighted by Gasteiger charge is 2.27. The van der Waals surface area contributed by atoms with E-state index in [0.29, 0.717) is 5.69 Å². The number of carbonyl (C=O) groups excluding carboxylic acids is 2. The number of halogens is 3. The van der Waals surface area contributed by atoms with Crippen molar-refractivity contribution in [1.82, 2.24) is 5.32 Å². The van der Waals surface area contributed by atoms with Crippen molar-refractivity contribution in [1.29, 1.82) is 0 Å². The second-order valence-corrected chi connectivity index (χ2v) is 3.82. The van der Waals surface area contributed by atoms with Gasteiger partial charge in [0.05, 0.1) is 19.2 Å². The van der Waals surface area contributed by atoms with Crippen LogP contribution in [0.1, 0.15) is 10.4 Å². The molecule has 0 spiro atoms. The van der Waals surface area contributed by atoms with Gasteiger partial charge in [-0.2, -0.15) is 13.2 Å². The molecule has 0 atom stereocenters. The highest BCUT2D eigenvalue weighted by Crippen LogP contribution is 2.13. The summed E-state index contributed by atoms with van der Waals surface area (Å²) >= 11 is 0. The second-order valence-electron chi connectivity index (χ2n) is 3.82. The van der Waals surface area contributed by atoms with E-state index in [4.69, 9.17) is 0 Å². The summed E-state index contributed by atoms with van der Waals surface area (Å²) in [6.07, 6.45) is -4.44. The number of ether oxygens (including phenoxy) is 1. The summed E-state index contributed by atoms with van der Waals surface area (Å²) in [4.78, 5) is 22.4. The molecule has 0 aromatic heterocycles. The molecule has 0 aliphatic carbocycles. The third-order valence-corrected chi connectivity index (χ3v) is 2.22. The van der Waals surface area contributed by atoms with Crippen LogP contribution in [0.4, 0.5) is 18.9 Å². The standard InChI is InChI=1S/C12H13F3N2O3/c1-20-11(19)8-3-2-4-9(5-8)16-6-10(18)17-7-12(13,14)15/h2-5,16H,6-7H2,1H3,(H,17,18). The van der Waals surface area contributed by atoms with E-state index in [0.717, 1.165) is 0 Å². The van der Waals surface area contributed by atoms with E-state index in [9.17, 15) is 22.8 Å². The van der Waals surface area contributed by atoms with Gasteiger partial charge in [0.25, 0.3) is 0 Å². The Morgan fingerprint density at radius 3 is 2.60 bits per heavy atom. The Labute approximate surface area is 113 Å². The van der Waals surface area contributed by atoms with Crippen molar-refractivity contribution >= 4 is 17.6 Å². The first-order valence-electron chi connectivity index (χ1n) is 5.57. The van der Waals surface area contributed by atoms with Gasteiger partial charge in [0.2, 0.25) is 5.91 Å². The lowest BCUT2D eigenvalue weighted by atomic mass is 10.2. The van der Waals surface area contributed by atoms with E-state index >= 15 is 0 Å². The average molecular weight is 290 g/mol. The number of esters is 1. The summed E-state index contributed by atoms with van der Waals surface area (Å²) in [5.74, 6) is -1.35. The van der Waals surface area contributed by atoms with Crippen LogP contribution in [-0.4, -0.2) is 38.3 Å². The van der Waals surface area contributed by atoms with Crippen LogP contribution < -0.4 is 10.6 Å². The molecule has 1 amide bonds. The molecule has 1 rings (SSSR count). The van der Waals surface area contributed by atoms with Crippen LogP contribution in [-0.2, 0) is 9.53 Å². The normalized spacial score (nSPS) is 10.8. The fourth-order valence-electron chi connectivity index (χ4n) is 1.32. The topological polar surface area (TPSA) is 67.4 Å². The highest BCUT2D eigenvalue weighted by molar-refractivity contribution is 5.90. The van der Waals surface area contributed by atoms with E-state index in [1.807, 2.05) is 0 Å². The number of benzene rings is 1. The van der Waals surface area contributed by atoms with E-state index in [1.54, 1.807) is 17.4 Å². The Bertz CT molecular complexity index is 489. The molecule has 0 heterocycles. The monoisotopic (exact) mass is 290 g/mol. The molecule has 0 fully saturated rings. The summed E-state index contributed by atoms with van der Waals surface area (Å²) in [6, 6.07) is 6.08. The molecule has 0 aliphatic rings. The van der Waals surface area contributed by atoms with Crippen molar-refractivity contribution in [3.63, 3.8) is 0 Å². The summed E-state index contributed by atoms with van der Waals surface area (Å²) < 4.78 is 40.1. The van der Waals surface area contributed by atoms with Gasteiger partial charge in [-0.05, 0) is 18.2 Å². The lowest BCUT2D eigenvalue weighted by Gasteiger charge is -2.10. The minimum Gasteiger partial charge on any atom is -0.465 e. The lowest BCUT2D eigenvalue weighted by Crippen LogP contribution is -2.37. The summed E-state index contributed by atoms with van der Waals surface area (Å²) in [5, 5.41) is 4.34. The smallest absolute Gasteiger partial charge is 0.405 e. The van der Waals surface area contributed by atoms with E-state index in [2.05, 4.69) is 10.1 Å². The Kier molecular flexibility index (Phi) is 5.36. The Balaban J connectivity index is 2.49. The predicted molar refractivity (Wildman–Crippen MR) is 65.3 cm³/mol. The maximum absolute atomic E-state index is 11.9. The number of carbonyl (C=O) groups is 2. The largest absolute Gasteiger partial charge is 0.465 e. The molecule has 0 saturated carbocycles. The fourth-order valence-corrected chi connectivity index (χ4v) is 1.32. The number of nitrogens with one attached hydrogen (secondary N) is 2. The van der Waals surface area contributed by atoms with Gasteiger partial charge < -0.3 is 15.4 Å². The number of hydrogen-bond donors (Lipinski definition) is 2. The summed E-state index contributed by atoms with van der Waals surface area (Å²) in [7, 11) is 1.23. The molecule has 0 radical (unpaired) electrons. The van der Waals surface area contributed by atoms with Crippen LogP contribution in [0.15, 0.2) is 24.3 Å². The average Bonchev–Trinajstić information content (AvgIpc) is 2.41. The number of alkyl halides is 3. The van der Waals surface area contributed by atoms with Crippen LogP contribution in [0.3, 0.4) is 0 Å². The van der Waals surface area contributed by atoms with Crippen molar-refractivity contribution in [3.05, 3.63) is 29.8 Å². The molecule has 0 unspecified atom stereocenters. The minimum absolute atomic E-state index is 0.271. The molecule has 5 nitrogen and oxygen atoms in total. The number of anilines is 1. The van der Waals surface area contributed by atoms with Crippen molar-refractivity contribution in [2.45, 2.75) is 6.18 Å². The first-order valence-corrected chi connectivity index (χ1v) is 5.57. The van der Waals surface area contributed by atoms with Gasteiger partial charge in [0.1, 0.15) is 6.54 Å². The molecule has 8 heteroatoms. The Morgan fingerprint density at radius 1 is 1.30 bits per heavy atom. The van der Waals surface area contributed by atoms with Crippen LogP contribution >= 0.6 is 0 Å². The maximum atomic E-state index is 11.9. The van der Waals surface area contributed by atoms with Gasteiger partial charge in [-0.15, -0.1) is 0 Å². The third kappa shape index (κ3) is 5.59. The SMILES string of the molecule is COC(=O)c1cccc(NCC(=O)NCC(F)(F)F)c1. The summed E-state index contributed by atoms with van der Waals surface area (Å²) in [5.41, 5.74) is 0.697. The lowest BCUT2D eigenvalue weighted by molar-refractivity contribution is -0.137. The molecule has 0 aliphatic heterocycles. The Hall–Kier alpha value is -2.25. The predicted octanol–water partition coefficient (Wildman–Crippen LogP) is 1.56. The molecule has 1 aromatic rings.